The first-order chi connectivity index (χ1) is 9.53. The molecule has 7 heteroatoms. The quantitative estimate of drug-likeness (QED) is 0.498. The van der Waals surface area contributed by atoms with Crippen molar-refractivity contribution >= 4 is 11.9 Å². The molecule has 0 rings (SSSR count). The minimum atomic E-state index is -0.903. The zero-order valence-electron chi connectivity index (χ0n) is 12.2. The molecule has 0 fully saturated rings. The van der Waals surface area contributed by atoms with Crippen LogP contribution in [0.2, 0.25) is 0 Å². The number of hydrogen-bond donors (Lipinski definition) is 2. The zero-order chi connectivity index (χ0) is 15.4. The number of ether oxygens (including phenoxy) is 2. The number of aliphatic hydroxyl groups excluding tert-OH is 2. The molecular weight excluding hydrogens is 266 g/mol. The van der Waals surface area contributed by atoms with Crippen LogP contribution in [-0.2, 0) is 19.1 Å². The summed E-state index contributed by atoms with van der Waals surface area (Å²) in [5.41, 5.74) is 0. The van der Waals surface area contributed by atoms with Crippen LogP contribution in [0.1, 0.15) is 26.7 Å². The lowest BCUT2D eigenvalue weighted by atomic mass is 10.2. The number of carbonyl (C=O) groups excluding carboxylic acids is 2. The summed E-state index contributed by atoms with van der Waals surface area (Å²) in [5, 5.41) is 18.3. The predicted molar refractivity (Wildman–Crippen MR) is 72.0 cm³/mol. The van der Waals surface area contributed by atoms with Crippen LogP contribution in [0.3, 0.4) is 0 Å². The molecule has 0 saturated heterocycles. The molecule has 118 valence electrons. The Balaban J connectivity index is 4.19. The maximum absolute atomic E-state index is 11.3. The molecule has 0 aliphatic carbocycles. The summed E-state index contributed by atoms with van der Waals surface area (Å²) in [6.07, 6.45) is -0.553. The van der Waals surface area contributed by atoms with Gasteiger partial charge < -0.3 is 19.7 Å². The van der Waals surface area contributed by atoms with Crippen molar-refractivity contribution in [1.82, 2.24) is 4.90 Å². The van der Waals surface area contributed by atoms with Crippen LogP contribution in [0.25, 0.3) is 0 Å². The Hall–Kier alpha value is -1.18. The van der Waals surface area contributed by atoms with E-state index in [1.165, 1.54) is 0 Å². The van der Waals surface area contributed by atoms with Gasteiger partial charge in [-0.3, -0.25) is 14.5 Å². The van der Waals surface area contributed by atoms with Gasteiger partial charge in [-0.15, -0.1) is 0 Å². The summed E-state index contributed by atoms with van der Waals surface area (Å²) in [4.78, 5) is 24.3. The number of carbonyl (C=O) groups is 2. The predicted octanol–water partition coefficient (Wildman–Crippen LogP) is -0.452. The van der Waals surface area contributed by atoms with Crippen LogP contribution in [0, 0.1) is 0 Å². The molecule has 0 aromatic heterocycles. The van der Waals surface area contributed by atoms with E-state index in [-0.39, 0.29) is 37.9 Å². The van der Waals surface area contributed by atoms with E-state index < -0.39 is 6.10 Å². The van der Waals surface area contributed by atoms with Crippen LogP contribution in [0.5, 0.6) is 0 Å². The van der Waals surface area contributed by atoms with Gasteiger partial charge in [0.25, 0.3) is 0 Å². The molecule has 0 bridgehead atoms. The third-order valence-corrected chi connectivity index (χ3v) is 2.55. The third-order valence-electron chi connectivity index (χ3n) is 2.55. The van der Waals surface area contributed by atoms with Gasteiger partial charge in [0.1, 0.15) is 0 Å². The van der Waals surface area contributed by atoms with Gasteiger partial charge in [-0.25, -0.2) is 0 Å². The fourth-order valence-corrected chi connectivity index (χ4v) is 1.62. The second-order valence-corrected chi connectivity index (χ2v) is 4.25. The van der Waals surface area contributed by atoms with Gasteiger partial charge in [-0.2, -0.15) is 0 Å². The second kappa shape index (κ2) is 11.6. The molecule has 1 atom stereocenters. The first-order valence-electron chi connectivity index (χ1n) is 6.85. The molecule has 0 radical (unpaired) electrons. The average Bonchev–Trinajstić information content (AvgIpc) is 2.42. The van der Waals surface area contributed by atoms with Gasteiger partial charge in [0, 0.05) is 19.6 Å². The lowest BCUT2D eigenvalue weighted by Gasteiger charge is -2.23. The minimum absolute atomic E-state index is 0.175. The number of nitrogens with zero attached hydrogens (tertiary/aromatic N) is 1. The molecule has 0 amide bonds. The van der Waals surface area contributed by atoms with E-state index in [1.807, 2.05) is 0 Å². The van der Waals surface area contributed by atoms with Crippen LogP contribution >= 0.6 is 0 Å². The summed E-state index contributed by atoms with van der Waals surface area (Å²) >= 11 is 0. The van der Waals surface area contributed by atoms with Crippen LogP contribution in [-0.4, -0.2) is 72.6 Å². The van der Waals surface area contributed by atoms with Gasteiger partial charge in [0.2, 0.25) is 0 Å². The van der Waals surface area contributed by atoms with E-state index in [0.29, 0.717) is 26.3 Å². The molecule has 0 unspecified atom stereocenters. The van der Waals surface area contributed by atoms with Gasteiger partial charge in [0.05, 0.1) is 38.8 Å². The largest absolute Gasteiger partial charge is 0.466 e. The van der Waals surface area contributed by atoms with E-state index in [9.17, 15) is 14.7 Å². The lowest BCUT2D eigenvalue weighted by Crippen LogP contribution is -2.37. The van der Waals surface area contributed by atoms with Crippen molar-refractivity contribution in [2.24, 2.45) is 0 Å². The van der Waals surface area contributed by atoms with Crippen molar-refractivity contribution in [2.45, 2.75) is 32.8 Å². The molecule has 0 saturated carbocycles. The molecule has 0 aromatic carbocycles. The molecule has 7 nitrogen and oxygen atoms in total. The Labute approximate surface area is 119 Å². The molecule has 2 N–H and O–H groups in total. The summed E-state index contributed by atoms with van der Waals surface area (Å²) < 4.78 is 9.64. The van der Waals surface area contributed by atoms with E-state index in [4.69, 9.17) is 14.6 Å². The topological polar surface area (TPSA) is 96.3 Å². The fourth-order valence-electron chi connectivity index (χ4n) is 1.62. The number of hydrogen-bond acceptors (Lipinski definition) is 7. The fraction of sp³-hybridized carbons (Fsp3) is 0.846. The number of aliphatic hydroxyl groups is 2. The number of esters is 2. The van der Waals surface area contributed by atoms with Crippen LogP contribution < -0.4 is 0 Å². The highest BCUT2D eigenvalue weighted by Gasteiger charge is 2.15. The smallest absolute Gasteiger partial charge is 0.307 e. The highest BCUT2D eigenvalue weighted by Crippen LogP contribution is 2.00. The van der Waals surface area contributed by atoms with Crippen molar-refractivity contribution in [3.8, 4) is 0 Å². The average molecular weight is 291 g/mol. The van der Waals surface area contributed by atoms with E-state index >= 15 is 0 Å². The Morgan fingerprint density at radius 3 is 1.85 bits per heavy atom. The highest BCUT2D eigenvalue weighted by molar-refractivity contribution is 5.70. The molecule has 0 aliphatic heterocycles. The summed E-state index contributed by atoms with van der Waals surface area (Å²) in [6, 6.07) is 0. The van der Waals surface area contributed by atoms with E-state index in [0.717, 1.165) is 0 Å². The summed E-state index contributed by atoms with van der Waals surface area (Å²) in [6.45, 7) is 4.63. The van der Waals surface area contributed by atoms with Crippen molar-refractivity contribution in [1.29, 1.82) is 0 Å². The first-order valence-corrected chi connectivity index (χ1v) is 6.85. The van der Waals surface area contributed by atoms with Crippen LogP contribution in [0.15, 0.2) is 0 Å². The van der Waals surface area contributed by atoms with Crippen molar-refractivity contribution in [3.63, 3.8) is 0 Å². The molecule has 0 aliphatic rings. The van der Waals surface area contributed by atoms with Crippen LogP contribution in [0.4, 0.5) is 0 Å². The van der Waals surface area contributed by atoms with Crippen molar-refractivity contribution in [2.75, 3.05) is 39.5 Å². The molecule has 0 aromatic rings. The van der Waals surface area contributed by atoms with E-state index in [1.54, 1.807) is 18.7 Å². The van der Waals surface area contributed by atoms with E-state index in [2.05, 4.69) is 0 Å². The third kappa shape index (κ3) is 9.71. The van der Waals surface area contributed by atoms with Crippen molar-refractivity contribution in [3.05, 3.63) is 0 Å². The number of rotatable bonds is 11. The molecule has 20 heavy (non-hydrogen) atoms. The van der Waals surface area contributed by atoms with Gasteiger partial charge >= 0.3 is 11.9 Å². The minimum Gasteiger partial charge on any atom is -0.466 e. The standard InChI is InChI=1S/C13H25NO6/c1-3-19-12(17)5-7-14(9-11(16)10-15)8-6-13(18)20-4-2/h11,15-16H,3-10H2,1-2H3/t11-/m1/s1. The Morgan fingerprint density at radius 1 is 1.05 bits per heavy atom. The second-order valence-electron chi connectivity index (χ2n) is 4.25. The molecule has 0 spiro atoms. The monoisotopic (exact) mass is 291 g/mol. The lowest BCUT2D eigenvalue weighted by molar-refractivity contribution is -0.143. The maximum Gasteiger partial charge on any atom is 0.307 e. The molecular formula is C13H25NO6. The Morgan fingerprint density at radius 2 is 1.50 bits per heavy atom. The maximum atomic E-state index is 11.3. The zero-order valence-corrected chi connectivity index (χ0v) is 12.2. The summed E-state index contributed by atoms with van der Waals surface area (Å²) in [5.74, 6) is -0.653. The van der Waals surface area contributed by atoms with Gasteiger partial charge in [-0.05, 0) is 13.8 Å². The first kappa shape index (κ1) is 18.8. The van der Waals surface area contributed by atoms with Gasteiger partial charge in [0.15, 0.2) is 0 Å². The SMILES string of the molecule is CCOC(=O)CCN(CCC(=O)OCC)C[C@@H](O)CO. The van der Waals surface area contributed by atoms with Crippen molar-refractivity contribution < 1.29 is 29.3 Å². The molecule has 0 heterocycles. The normalized spacial score (nSPS) is 12.2. The summed E-state index contributed by atoms with van der Waals surface area (Å²) in [7, 11) is 0. The Kier molecular flexibility index (Phi) is 10.9. The highest BCUT2D eigenvalue weighted by atomic mass is 16.5. The van der Waals surface area contributed by atoms with Gasteiger partial charge in [-0.1, -0.05) is 0 Å². The Bertz CT molecular complexity index is 262.